The molecule has 0 radical (unpaired) electrons. The highest BCUT2D eigenvalue weighted by molar-refractivity contribution is 5.92. The van der Waals surface area contributed by atoms with Gasteiger partial charge >= 0.3 is 5.97 Å². The molecule has 0 spiro atoms. The zero-order valence-electron chi connectivity index (χ0n) is 8.99. The number of hydrogen-bond donors (Lipinski definition) is 2. The van der Waals surface area contributed by atoms with Crippen LogP contribution in [0.3, 0.4) is 0 Å². The first-order chi connectivity index (χ1) is 7.91. The van der Waals surface area contributed by atoms with E-state index in [0.717, 1.165) is 12.1 Å². The van der Waals surface area contributed by atoms with Gasteiger partial charge in [0, 0.05) is 12.1 Å². The zero-order chi connectivity index (χ0) is 13.0. The van der Waals surface area contributed by atoms with E-state index in [0.29, 0.717) is 0 Å². The van der Waals surface area contributed by atoms with Crippen molar-refractivity contribution in [2.24, 2.45) is 0 Å². The Morgan fingerprint density at radius 2 is 2.24 bits per heavy atom. The van der Waals surface area contributed by atoms with Gasteiger partial charge in [-0.3, -0.25) is 10.1 Å². The van der Waals surface area contributed by atoms with Crippen molar-refractivity contribution in [1.82, 2.24) is 0 Å². The van der Waals surface area contributed by atoms with Crippen molar-refractivity contribution in [3.63, 3.8) is 0 Å². The Balaban J connectivity index is 3.02. The molecule has 0 aliphatic carbocycles. The molecule has 1 aromatic rings. The van der Waals surface area contributed by atoms with Gasteiger partial charge in [0.2, 0.25) is 0 Å². The minimum atomic E-state index is -1.40. The summed E-state index contributed by atoms with van der Waals surface area (Å²) in [6.45, 7) is 1.49. The van der Waals surface area contributed by atoms with Crippen molar-refractivity contribution < 1.29 is 24.7 Å². The lowest BCUT2D eigenvalue weighted by Gasteiger charge is -2.08. The molecule has 0 bridgehead atoms. The van der Waals surface area contributed by atoms with Crippen molar-refractivity contribution >= 4 is 11.7 Å². The van der Waals surface area contributed by atoms with Gasteiger partial charge in [0.25, 0.3) is 5.69 Å². The highest BCUT2D eigenvalue weighted by Gasteiger charge is 2.20. The van der Waals surface area contributed by atoms with Crippen LogP contribution >= 0.6 is 0 Å². The Labute approximate surface area is 96.4 Å². The van der Waals surface area contributed by atoms with E-state index in [9.17, 15) is 14.9 Å². The molecule has 1 aromatic carbocycles. The summed E-state index contributed by atoms with van der Waals surface area (Å²) in [4.78, 5) is 20.6. The van der Waals surface area contributed by atoms with Gasteiger partial charge in [-0.25, -0.2) is 4.79 Å². The molecule has 92 valence electrons. The normalized spacial score (nSPS) is 11.9. The minimum Gasteiger partial charge on any atom is -0.491 e. The smallest absolute Gasteiger partial charge is 0.342 e. The second-order valence-electron chi connectivity index (χ2n) is 3.40. The van der Waals surface area contributed by atoms with E-state index in [1.807, 2.05) is 0 Å². The van der Waals surface area contributed by atoms with Crippen molar-refractivity contribution in [1.29, 1.82) is 0 Å². The van der Waals surface area contributed by atoms with Crippen molar-refractivity contribution in [2.45, 2.75) is 13.0 Å². The largest absolute Gasteiger partial charge is 0.491 e. The molecular weight excluding hydrogens is 230 g/mol. The number of carbonyl (C=O) groups is 1. The molecule has 0 saturated heterocycles. The van der Waals surface area contributed by atoms with Gasteiger partial charge in [0.05, 0.1) is 11.0 Å². The van der Waals surface area contributed by atoms with Crippen LogP contribution in [0.2, 0.25) is 0 Å². The topological polar surface area (TPSA) is 110 Å². The van der Waals surface area contributed by atoms with Gasteiger partial charge in [-0.15, -0.1) is 0 Å². The number of rotatable bonds is 5. The van der Waals surface area contributed by atoms with Gasteiger partial charge in [-0.2, -0.15) is 0 Å². The molecule has 1 unspecified atom stereocenters. The Morgan fingerprint density at radius 1 is 1.59 bits per heavy atom. The Morgan fingerprint density at radius 3 is 2.71 bits per heavy atom. The highest BCUT2D eigenvalue weighted by Crippen LogP contribution is 2.24. The van der Waals surface area contributed by atoms with Crippen LogP contribution in [0, 0.1) is 10.1 Å². The molecule has 0 saturated carbocycles. The molecule has 0 heterocycles. The summed E-state index contributed by atoms with van der Waals surface area (Å²) in [7, 11) is 0. The third-order valence-electron chi connectivity index (χ3n) is 1.89. The molecule has 2 N–H and O–H groups in total. The molecular formula is C10H11NO6. The summed E-state index contributed by atoms with van der Waals surface area (Å²) in [5, 5.41) is 28.4. The SMILES string of the molecule is CC(O)COc1ccc([N+](=O)[O-])c(C(=O)O)c1. The molecule has 7 heteroatoms. The number of ether oxygens (including phenoxy) is 1. The maximum absolute atomic E-state index is 10.8. The quantitative estimate of drug-likeness (QED) is 0.589. The standard InChI is InChI=1S/C10H11NO6/c1-6(12)5-17-7-2-3-9(11(15)16)8(4-7)10(13)14/h2-4,6,12H,5H2,1H3,(H,13,14). The van der Waals surface area contributed by atoms with E-state index in [2.05, 4.69) is 0 Å². The molecule has 1 rings (SSSR count). The average Bonchev–Trinajstić information content (AvgIpc) is 2.25. The number of nitro benzene ring substituents is 1. The van der Waals surface area contributed by atoms with Gasteiger partial charge in [0.1, 0.15) is 17.9 Å². The number of carboxylic acid groups (broad SMARTS) is 1. The number of carboxylic acids is 1. The number of benzene rings is 1. The fourth-order valence-electron chi connectivity index (χ4n) is 1.15. The van der Waals surface area contributed by atoms with Gasteiger partial charge in [-0.1, -0.05) is 0 Å². The Kier molecular flexibility index (Phi) is 4.00. The number of aliphatic hydroxyl groups is 1. The third kappa shape index (κ3) is 3.42. The second kappa shape index (κ2) is 5.26. The minimum absolute atomic E-state index is 0.0170. The van der Waals surface area contributed by atoms with Crippen LogP contribution in [0.5, 0.6) is 5.75 Å². The predicted octanol–water partition coefficient (Wildman–Crippen LogP) is 1.05. The van der Waals surface area contributed by atoms with E-state index >= 15 is 0 Å². The van der Waals surface area contributed by atoms with Gasteiger partial charge in [0.15, 0.2) is 0 Å². The molecule has 0 aliphatic rings. The summed E-state index contributed by atoms with van der Waals surface area (Å²) in [6, 6.07) is 3.40. The summed E-state index contributed by atoms with van der Waals surface area (Å²) in [5.74, 6) is -1.24. The average molecular weight is 241 g/mol. The van der Waals surface area contributed by atoms with E-state index in [1.165, 1.54) is 13.0 Å². The fourth-order valence-corrected chi connectivity index (χ4v) is 1.15. The van der Waals surface area contributed by atoms with E-state index in [4.69, 9.17) is 14.9 Å². The summed E-state index contributed by atoms with van der Waals surface area (Å²) in [5.41, 5.74) is -0.944. The highest BCUT2D eigenvalue weighted by atomic mass is 16.6. The summed E-state index contributed by atoms with van der Waals surface area (Å²) >= 11 is 0. The van der Waals surface area contributed by atoms with Crippen LogP contribution in [0.4, 0.5) is 5.69 Å². The first kappa shape index (κ1) is 12.9. The van der Waals surface area contributed by atoms with Crippen LogP contribution in [0.25, 0.3) is 0 Å². The van der Waals surface area contributed by atoms with Gasteiger partial charge in [-0.05, 0) is 13.0 Å². The molecule has 1 atom stereocenters. The Bertz CT molecular complexity index is 442. The molecule has 0 aliphatic heterocycles. The lowest BCUT2D eigenvalue weighted by Crippen LogP contribution is -2.13. The lowest BCUT2D eigenvalue weighted by molar-refractivity contribution is -0.385. The predicted molar refractivity (Wildman–Crippen MR) is 57.2 cm³/mol. The molecule has 0 amide bonds. The van der Waals surface area contributed by atoms with E-state index < -0.39 is 28.2 Å². The van der Waals surface area contributed by atoms with Crippen LogP contribution in [-0.2, 0) is 0 Å². The first-order valence-corrected chi connectivity index (χ1v) is 4.74. The maximum Gasteiger partial charge on any atom is 0.342 e. The summed E-state index contributed by atoms with van der Waals surface area (Å²) < 4.78 is 5.06. The fraction of sp³-hybridized carbons (Fsp3) is 0.300. The molecule has 0 fully saturated rings. The molecule has 17 heavy (non-hydrogen) atoms. The van der Waals surface area contributed by atoms with Gasteiger partial charge < -0.3 is 14.9 Å². The summed E-state index contributed by atoms with van der Waals surface area (Å²) in [6.07, 6.45) is -0.710. The van der Waals surface area contributed by atoms with Crippen LogP contribution in [0.1, 0.15) is 17.3 Å². The number of hydrogen-bond acceptors (Lipinski definition) is 5. The van der Waals surface area contributed by atoms with Crippen molar-refractivity contribution in [3.05, 3.63) is 33.9 Å². The third-order valence-corrected chi connectivity index (χ3v) is 1.89. The number of aliphatic hydroxyl groups excluding tert-OH is 1. The van der Waals surface area contributed by atoms with Crippen molar-refractivity contribution in [3.8, 4) is 5.75 Å². The molecule has 7 nitrogen and oxygen atoms in total. The van der Waals surface area contributed by atoms with E-state index in [-0.39, 0.29) is 12.4 Å². The number of nitrogens with zero attached hydrogens (tertiary/aromatic N) is 1. The lowest BCUT2D eigenvalue weighted by atomic mass is 10.1. The van der Waals surface area contributed by atoms with E-state index in [1.54, 1.807) is 0 Å². The second-order valence-corrected chi connectivity index (χ2v) is 3.40. The van der Waals surface area contributed by atoms with Crippen LogP contribution < -0.4 is 4.74 Å². The number of nitro groups is 1. The van der Waals surface area contributed by atoms with Crippen molar-refractivity contribution in [2.75, 3.05) is 6.61 Å². The first-order valence-electron chi connectivity index (χ1n) is 4.74. The zero-order valence-corrected chi connectivity index (χ0v) is 8.99. The van der Waals surface area contributed by atoms with Crippen LogP contribution in [0.15, 0.2) is 18.2 Å². The maximum atomic E-state index is 10.8. The number of aromatic carboxylic acids is 1. The Hall–Kier alpha value is -2.15. The van der Waals surface area contributed by atoms with Crippen LogP contribution in [-0.4, -0.2) is 33.8 Å². The monoisotopic (exact) mass is 241 g/mol. The molecule has 0 aromatic heterocycles.